The highest BCUT2D eigenvalue weighted by Crippen LogP contribution is 2.35. The van der Waals surface area contributed by atoms with Crippen molar-refractivity contribution < 1.29 is 26.7 Å². The third kappa shape index (κ3) is 6.35. The molecular weight excluding hydrogens is 483 g/mol. The number of aryl methyl sites for hydroxylation is 1. The number of nitrogens with zero attached hydrogens (tertiary/aromatic N) is 3. The summed E-state index contributed by atoms with van der Waals surface area (Å²) in [4.78, 5) is 21.6. The molecule has 1 aliphatic rings. The lowest BCUT2D eigenvalue weighted by molar-refractivity contribution is -0.145. The maximum atomic E-state index is 14.5. The van der Waals surface area contributed by atoms with Gasteiger partial charge in [-0.05, 0) is 18.4 Å². The Hall–Kier alpha value is -3.57. The molecule has 1 aromatic carbocycles. The Morgan fingerprint density at radius 1 is 1.28 bits per heavy atom. The molecule has 2 atom stereocenters. The number of alkyl halides is 5. The van der Waals surface area contributed by atoms with Crippen LogP contribution >= 0.6 is 0 Å². The van der Waals surface area contributed by atoms with E-state index in [0.29, 0.717) is 18.0 Å². The van der Waals surface area contributed by atoms with Crippen molar-refractivity contribution in [3.63, 3.8) is 0 Å². The Balaban J connectivity index is 1.84. The van der Waals surface area contributed by atoms with Crippen LogP contribution in [0, 0.1) is 18.3 Å². The van der Waals surface area contributed by atoms with Gasteiger partial charge in [0, 0.05) is 44.2 Å². The maximum absolute atomic E-state index is 14.5. The molecule has 0 radical (unpaired) electrons. The van der Waals surface area contributed by atoms with Crippen LogP contribution in [-0.2, 0) is 11.0 Å². The van der Waals surface area contributed by atoms with Crippen LogP contribution in [0.5, 0.6) is 0 Å². The number of carbonyl (C=O) groups is 1. The van der Waals surface area contributed by atoms with E-state index in [2.05, 4.69) is 20.6 Å². The second-order valence-electron chi connectivity index (χ2n) is 8.80. The quantitative estimate of drug-likeness (QED) is 0.380. The number of hydrogen-bond acceptors (Lipinski definition) is 6. The molecule has 194 valence electrons. The second-order valence-corrected chi connectivity index (χ2v) is 8.80. The average molecular weight is 511 g/mol. The van der Waals surface area contributed by atoms with Crippen LogP contribution in [0.1, 0.15) is 30.0 Å². The van der Waals surface area contributed by atoms with E-state index in [1.807, 2.05) is 13.0 Å². The van der Waals surface area contributed by atoms with Gasteiger partial charge in [0.1, 0.15) is 5.71 Å². The predicted octanol–water partition coefficient (Wildman–Crippen LogP) is 4.37. The van der Waals surface area contributed by atoms with Gasteiger partial charge in [0.05, 0.1) is 18.2 Å². The van der Waals surface area contributed by atoms with Crippen molar-refractivity contribution in [3.8, 4) is 0 Å². The number of rotatable bonds is 7. The standard InChI is InChI=1S/C24H27F5N6O/c1-14-5-4-6-16(7-14)18(11-31-3)20(30)21(36)35-13-23(25,26)8-15(2)19(35)12-34-22-32-9-17(10-33-22)24(27,28)29/h4-7,9-11,15,19,30-31H,8,12-13H2,1-3H3,(H,32,33,34)/b18-11-,30-20?/t15-,19?/m1/s1. The molecular formula is C24H27F5N6O. The highest BCUT2D eigenvalue weighted by molar-refractivity contribution is 6.54. The number of nitrogens with one attached hydrogen (secondary N) is 3. The fraction of sp³-hybridized carbons (Fsp3) is 0.417. The van der Waals surface area contributed by atoms with Gasteiger partial charge in [0.2, 0.25) is 5.95 Å². The highest BCUT2D eigenvalue weighted by atomic mass is 19.4. The molecule has 3 N–H and O–H groups in total. The third-order valence-electron chi connectivity index (χ3n) is 5.89. The van der Waals surface area contributed by atoms with Crippen molar-refractivity contribution in [1.29, 1.82) is 5.41 Å². The number of halogens is 5. The van der Waals surface area contributed by atoms with Gasteiger partial charge in [0.15, 0.2) is 0 Å². The minimum atomic E-state index is -4.60. The van der Waals surface area contributed by atoms with Crippen molar-refractivity contribution >= 4 is 23.1 Å². The molecule has 36 heavy (non-hydrogen) atoms. The molecule has 0 aliphatic carbocycles. The minimum Gasteiger partial charge on any atom is -0.393 e. The molecule has 1 unspecified atom stereocenters. The average Bonchev–Trinajstić information content (AvgIpc) is 2.80. The zero-order valence-electron chi connectivity index (χ0n) is 20.0. The summed E-state index contributed by atoms with van der Waals surface area (Å²) in [6, 6.07) is 6.33. The fourth-order valence-electron chi connectivity index (χ4n) is 4.16. The molecule has 1 aliphatic heterocycles. The summed E-state index contributed by atoms with van der Waals surface area (Å²) in [5.74, 6) is -4.86. The first kappa shape index (κ1) is 27.0. The van der Waals surface area contributed by atoms with E-state index in [1.165, 1.54) is 6.20 Å². The van der Waals surface area contributed by atoms with Crippen LogP contribution in [0.3, 0.4) is 0 Å². The van der Waals surface area contributed by atoms with Crippen LogP contribution in [0.15, 0.2) is 42.9 Å². The summed E-state index contributed by atoms with van der Waals surface area (Å²) in [6.07, 6.45) is -2.39. The Kier molecular flexibility index (Phi) is 7.95. The van der Waals surface area contributed by atoms with Gasteiger partial charge in [-0.1, -0.05) is 36.8 Å². The van der Waals surface area contributed by atoms with E-state index < -0.39 is 54.2 Å². The summed E-state index contributed by atoms with van der Waals surface area (Å²) >= 11 is 0. The lowest BCUT2D eigenvalue weighted by Crippen LogP contribution is -2.58. The van der Waals surface area contributed by atoms with Gasteiger partial charge < -0.3 is 15.5 Å². The van der Waals surface area contributed by atoms with Gasteiger partial charge >= 0.3 is 6.18 Å². The molecule has 1 amide bonds. The number of benzene rings is 1. The largest absolute Gasteiger partial charge is 0.419 e. The predicted molar refractivity (Wildman–Crippen MR) is 126 cm³/mol. The van der Waals surface area contributed by atoms with Gasteiger partial charge in [-0.25, -0.2) is 18.7 Å². The maximum Gasteiger partial charge on any atom is 0.419 e. The zero-order chi connectivity index (χ0) is 26.7. The van der Waals surface area contributed by atoms with Gasteiger partial charge in [-0.3, -0.25) is 10.2 Å². The number of piperidine rings is 1. The van der Waals surface area contributed by atoms with Crippen LogP contribution in [0.25, 0.3) is 5.57 Å². The van der Waals surface area contributed by atoms with Crippen molar-refractivity contribution in [1.82, 2.24) is 20.2 Å². The number of likely N-dealkylation sites (tertiary alicyclic amines) is 1. The first-order chi connectivity index (χ1) is 16.8. The van der Waals surface area contributed by atoms with Crippen molar-refractivity contribution in [3.05, 3.63) is 59.5 Å². The van der Waals surface area contributed by atoms with Gasteiger partial charge in [-0.15, -0.1) is 0 Å². The first-order valence-corrected chi connectivity index (χ1v) is 11.2. The highest BCUT2D eigenvalue weighted by Gasteiger charge is 2.46. The Labute approximate surface area is 205 Å². The number of anilines is 1. The van der Waals surface area contributed by atoms with Crippen LogP contribution < -0.4 is 10.6 Å². The molecule has 0 bridgehead atoms. The van der Waals surface area contributed by atoms with Crippen molar-refractivity contribution in [2.24, 2.45) is 5.92 Å². The molecule has 12 heteroatoms. The zero-order valence-corrected chi connectivity index (χ0v) is 20.0. The molecule has 1 saturated heterocycles. The lowest BCUT2D eigenvalue weighted by atomic mass is 9.87. The van der Waals surface area contributed by atoms with Crippen LogP contribution in [0.2, 0.25) is 0 Å². The summed E-state index contributed by atoms with van der Waals surface area (Å²) < 4.78 is 67.3. The van der Waals surface area contributed by atoms with Crippen molar-refractivity contribution in [2.75, 3.05) is 25.5 Å². The van der Waals surface area contributed by atoms with Crippen molar-refractivity contribution in [2.45, 2.75) is 38.4 Å². The molecule has 2 heterocycles. The second kappa shape index (κ2) is 10.6. The monoisotopic (exact) mass is 510 g/mol. The number of amides is 1. The van der Waals surface area contributed by atoms with E-state index in [9.17, 15) is 26.7 Å². The summed E-state index contributed by atoms with van der Waals surface area (Å²) in [7, 11) is 1.60. The molecule has 0 saturated carbocycles. The van der Waals surface area contributed by atoms with Crippen LogP contribution in [0.4, 0.5) is 27.9 Å². The number of carbonyl (C=O) groups excluding carboxylic acids is 1. The normalized spacial score (nSPS) is 20.1. The summed E-state index contributed by atoms with van der Waals surface area (Å²) in [5, 5.41) is 14.1. The minimum absolute atomic E-state index is 0.0862. The topological polar surface area (TPSA) is 94.0 Å². The smallest absolute Gasteiger partial charge is 0.393 e. The molecule has 3 rings (SSSR count). The van der Waals surface area contributed by atoms with Gasteiger partial charge in [0.25, 0.3) is 11.8 Å². The SMILES string of the molecule is CN/C=C(\C(=N)C(=O)N1CC(F)(F)C[C@@H](C)C1CNc1ncc(C(F)(F)F)cn1)c1cccc(C)c1. The molecule has 1 aromatic heterocycles. The van der Waals surface area contributed by atoms with E-state index >= 15 is 0 Å². The Morgan fingerprint density at radius 3 is 2.53 bits per heavy atom. The molecule has 1 fully saturated rings. The summed E-state index contributed by atoms with van der Waals surface area (Å²) in [5.41, 5.74) is 0.226. The van der Waals surface area contributed by atoms with Gasteiger partial charge in [-0.2, -0.15) is 13.2 Å². The Bertz CT molecular complexity index is 1130. The van der Waals surface area contributed by atoms with Crippen LogP contribution in [-0.4, -0.2) is 58.6 Å². The van der Waals surface area contributed by atoms with E-state index in [-0.39, 0.29) is 18.1 Å². The Morgan fingerprint density at radius 2 is 1.94 bits per heavy atom. The van der Waals surface area contributed by atoms with E-state index in [4.69, 9.17) is 5.41 Å². The third-order valence-corrected chi connectivity index (χ3v) is 5.89. The number of aromatic nitrogens is 2. The van der Waals surface area contributed by atoms with E-state index in [0.717, 1.165) is 10.5 Å². The molecule has 0 spiro atoms. The number of hydrogen-bond donors (Lipinski definition) is 3. The molecule has 2 aromatic rings. The van der Waals surface area contributed by atoms with E-state index in [1.54, 1.807) is 32.2 Å². The lowest BCUT2D eigenvalue weighted by Gasteiger charge is -2.43. The fourth-order valence-corrected chi connectivity index (χ4v) is 4.16. The first-order valence-electron chi connectivity index (χ1n) is 11.2. The summed E-state index contributed by atoms with van der Waals surface area (Å²) in [6.45, 7) is 2.43. The molecule has 7 nitrogen and oxygen atoms in total.